The minimum Gasteiger partial charge on any atom is -0.478 e. The summed E-state index contributed by atoms with van der Waals surface area (Å²) in [6.45, 7) is 5.37. The highest BCUT2D eigenvalue weighted by Crippen LogP contribution is 2.44. The molecule has 0 spiro atoms. The average Bonchev–Trinajstić information content (AvgIpc) is 2.67. The zero-order valence-electron chi connectivity index (χ0n) is 16.2. The minimum absolute atomic E-state index is 0.209. The lowest BCUT2D eigenvalue weighted by molar-refractivity contribution is 0.00827. The smallest absolute Gasteiger partial charge is 0.153 e. The highest BCUT2D eigenvalue weighted by molar-refractivity contribution is 5.65. The first kappa shape index (κ1) is 17.9. The summed E-state index contributed by atoms with van der Waals surface area (Å²) in [6.07, 6.45) is 6.27. The molecule has 2 aromatic carbocycles. The van der Waals surface area contributed by atoms with E-state index in [0.717, 1.165) is 42.8 Å². The molecule has 146 valence electrons. The van der Waals surface area contributed by atoms with Crippen molar-refractivity contribution < 1.29 is 13.9 Å². The van der Waals surface area contributed by atoms with Gasteiger partial charge in [0.1, 0.15) is 11.6 Å². The zero-order chi connectivity index (χ0) is 19.1. The summed E-state index contributed by atoms with van der Waals surface area (Å²) in [7, 11) is 0. The molecule has 4 heteroatoms. The van der Waals surface area contributed by atoms with Gasteiger partial charge in [-0.05, 0) is 62.0 Å². The van der Waals surface area contributed by atoms with E-state index < -0.39 is 5.60 Å². The SMILES string of the molecule is CC1(c2ccc(C3COC3)cc2F)C=Cc2cccc(C3CCNCC3)c2O1. The average molecular weight is 379 g/mol. The first-order valence-corrected chi connectivity index (χ1v) is 10.2. The molecule has 1 atom stereocenters. The second-order valence-corrected chi connectivity index (χ2v) is 8.31. The van der Waals surface area contributed by atoms with Gasteiger partial charge in [0, 0.05) is 17.0 Å². The molecule has 3 nitrogen and oxygen atoms in total. The van der Waals surface area contributed by atoms with Gasteiger partial charge < -0.3 is 14.8 Å². The van der Waals surface area contributed by atoms with Gasteiger partial charge >= 0.3 is 0 Å². The van der Waals surface area contributed by atoms with Crippen LogP contribution >= 0.6 is 0 Å². The van der Waals surface area contributed by atoms with Gasteiger partial charge in [-0.2, -0.15) is 0 Å². The van der Waals surface area contributed by atoms with Crippen molar-refractivity contribution in [1.29, 1.82) is 0 Å². The third-order valence-electron chi connectivity index (χ3n) is 6.39. The molecule has 3 heterocycles. The molecular formula is C24H26FNO2. The molecule has 28 heavy (non-hydrogen) atoms. The number of hydrogen-bond acceptors (Lipinski definition) is 3. The van der Waals surface area contributed by atoms with Crippen LogP contribution in [0.3, 0.4) is 0 Å². The summed E-state index contributed by atoms with van der Waals surface area (Å²) in [5.74, 6) is 1.50. The first-order valence-electron chi connectivity index (χ1n) is 10.2. The monoisotopic (exact) mass is 379 g/mol. The molecule has 1 unspecified atom stereocenters. The van der Waals surface area contributed by atoms with Crippen molar-refractivity contribution in [2.75, 3.05) is 26.3 Å². The van der Waals surface area contributed by atoms with E-state index >= 15 is 4.39 Å². The van der Waals surface area contributed by atoms with Gasteiger partial charge in [-0.3, -0.25) is 0 Å². The molecule has 0 amide bonds. The number of ether oxygens (including phenoxy) is 2. The third kappa shape index (κ3) is 3.05. The van der Waals surface area contributed by atoms with E-state index in [1.807, 2.05) is 25.1 Å². The van der Waals surface area contributed by atoms with E-state index in [1.165, 1.54) is 5.56 Å². The highest BCUT2D eigenvalue weighted by Gasteiger charge is 2.35. The number of rotatable bonds is 3. The van der Waals surface area contributed by atoms with Crippen LogP contribution < -0.4 is 10.1 Å². The Bertz CT molecular complexity index is 915. The molecule has 0 aromatic heterocycles. The number of piperidine rings is 1. The Morgan fingerprint density at radius 2 is 1.89 bits per heavy atom. The van der Waals surface area contributed by atoms with Crippen LogP contribution in [0.2, 0.25) is 0 Å². The van der Waals surface area contributed by atoms with E-state index in [4.69, 9.17) is 9.47 Å². The van der Waals surface area contributed by atoms with Gasteiger partial charge in [0.25, 0.3) is 0 Å². The van der Waals surface area contributed by atoms with Crippen LogP contribution in [-0.2, 0) is 10.3 Å². The lowest BCUT2D eigenvalue weighted by Crippen LogP contribution is -2.32. The Labute approximate surface area is 165 Å². The lowest BCUT2D eigenvalue weighted by atomic mass is 9.85. The van der Waals surface area contributed by atoms with E-state index in [2.05, 4.69) is 29.6 Å². The number of para-hydroxylation sites is 1. The minimum atomic E-state index is -0.811. The molecule has 2 saturated heterocycles. The van der Waals surface area contributed by atoms with Gasteiger partial charge in [0.05, 0.1) is 13.2 Å². The van der Waals surface area contributed by atoms with E-state index in [0.29, 0.717) is 30.6 Å². The Hall–Kier alpha value is -2.17. The van der Waals surface area contributed by atoms with Crippen molar-refractivity contribution >= 4 is 6.08 Å². The second kappa shape index (κ2) is 7.02. The standard InChI is InChI=1S/C24H26FNO2/c1-24(21-6-5-18(13-22(21)25)19-14-27-15-19)10-7-17-3-2-4-20(23(17)28-24)16-8-11-26-12-9-16/h2-7,10,13,16,19,26H,8-9,11-12,14-15H2,1H3. The summed E-state index contributed by atoms with van der Waals surface area (Å²) < 4.78 is 26.9. The van der Waals surface area contributed by atoms with Gasteiger partial charge in [0.15, 0.2) is 5.60 Å². The maximum absolute atomic E-state index is 15.1. The number of nitrogens with one attached hydrogen (secondary N) is 1. The maximum Gasteiger partial charge on any atom is 0.153 e. The van der Waals surface area contributed by atoms with Gasteiger partial charge in [0.2, 0.25) is 0 Å². The maximum atomic E-state index is 15.1. The predicted octanol–water partition coefficient (Wildman–Crippen LogP) is 4.73. The Morgan fingerprint density at radius 1 is 1.07 bits per heavy atom. The third-order valence-corrected chi connectivity index (χ3v) is 6.39. The van der Waals surface area contributed by atoms with Crippen molar-refractivity contribution in [3.05, 3.63) is 70.5 Å². The van der Waals surface area contributed by atoms with Crippen molar-refractivity contribution in [1.82, 2.24) is 5.32 Å². The Morgan fingerprint density at radius 3 is 2.61 bits per heavy atom. The largest absolute Gasteiger partial charge is 0.478 e. The molecular weight excluding hydrogens is 353 g/mol. The molecule has 0 radical (unpaired) electrons. The molecule has 0 aliphatic carbocycles. The summed E-state index contributed by atoms with van der Waals surface area (Å²) in [6, 6.07) is 11.9. The molecule has 3 aliphatic rings. The van der Waals surface area contributed by atoms with Crippen LogP contribution in [0.1, 0.15) is 53.9 Å². The van der Waals surface area contributed by atoms with E-state index in [-0.39, 0.29) is 5.82 Å². The first-order chi connectivity index (χ1) is 13.6. The Balaban J connectivity index is 1.49. The number of hydrogen-bond donors (Lipinski definition) is 1. The molecule has 2 aromatic rings. The summed E-state index contributed by atoms with van der Waals surface area (Å²) in [5.41, 5.74) is 3.11. The number of fused-ring (bicyclic) bond motifs is 1. The topological polar surface area (TPSA) is 30.5 Å². The van der Waals surface area contributed by atoms with Crippen LogP contribution in [0, 0.1) is 5.82 Å². The van der Waals surface area contributed by atoms with Crippen molar-refractivity contribution in [2.45, 2.75) is 37.2 Å². The van der Waals surface area contributed by atoms with Crippen molar-refractivity contribution in [3.8, 4) is 5.75 Å². The van der Waals surface area contributed by atoms with Crippen LogP contribution in [0.5, 0.6) is 5.75 Å². The Kier molecular flexibility index (Phi) is 4.48. The van der Waals surface area contributed by atoms with Crippen LogP contribution in [-0.4, -0.2) is 26.3 Å². The fraction of sp³-hybridized carbons (Fsp3) is 0.417. The molecule has 3 aliphatic heterocycles. The van der Waals surface area contributed by atoms with E-state index in [9.17, 15) is 0 Å². The number of halogens is 1. The van der Waals surface area contributed by atoms with Crippen molar-refractivity contribution in [3.63, 3.8) is 0 Å². The summed E-state index contributed by atoms with van der Waals surface area (Å²) >= 11 is 0. The molecule has 2 fully saturated rings. The van der Waals surface area contributed by atoms with Crippen LogP contribution in [0.25, 0.3) is 6.08 Å². The van der Waals surface area contributed by atoms with Gasteiger partial charge in [-0.25, -0.2) is 4.39 Å². The normalized spacial score (nSPS) is 25.1. The van der Waals surface area contributed by atoms with E-state index in [1.54, 1.807) is 6.07 Å². The molecule has 0 saturated carbocycles. The fourth-order valence-electron chi connectivity index (χ4n) is 4.53. The van der Waals surface area contributed by atoms with Crippen molar-refractivity contribution in [2.24, 2.45) is 0 Å². The summed E-state index contributed by atoms with van der Waals surface area (Å²) in [5, 5.41) is 3.42. The van der Waals surface area contributed by atoms with Gasteiger partial charge in [-0.1, -0.05) is 36.4 Å². The quantitative estimate of drug-likeness (QED) is 0.837. The predicted molar refractivity (Wildman–Crippen MR) is 108 cm³/mol. The van der Waals surface area contributed by atoms with Crippen LogP contribution in [0.4, 0.5) is 4.39 Å². The zero-order valence-corrected chi connectivity index (χ0v) is 16.2. The molecule has 1 N–H and O–H groups in total. The fourth-order valence-corrected chi connectivity index (χ4v) is 4.53. The van der Waals surface area contributed by atoms with Crippen LogP contribution in [0.15, 0.2) is 42.5 Å². The molecule has 0 bridgehead atoms. The highest BCUT2D eigenvalue weighted by atomic mass is 19.1. The lowest BCUT2D eigenvalue weighted by Gasteiger charge is -2.36. The number of benzene rings is 2. The summed E-state index contributed by atoms with van der Waals surface area (Å²) in [4.78, 5) is 0. The molecule has 5 rings (SSSR count). The second-order valence-electron chi connectivity index (χ2n) is 8.31. The van der Waals surface area contributed by atoms with Gasteiger partial charge in [-0.15, -0.1) is 0 Å².